The molecule has 1 unspecified atom stereocenters. The standard InChI is InChI=1S/C14H17FN2O3S/c1-7(2)9(18)6-12(19)16-14-17-13-10(20-3)4-8(15)5-11(13)21-14/h4-5,7,9,18H,6H2,1-3H3,(H,16,17,19). The highest BCUT2D eigenvalue weighted by Gasteiger charge is 2.17. The molecule has 0 saturated heterocycles. The molecule has 2 rings (SSSR count). The van der Waals surface area contributed by atoms with Gasteiger partial charge < -0.3 is 15.2 Å². The molecule has 1 atom stereocenters. The number of thiazole rings is 1. The summed E-state index contributed by atoms with van der Waals surface area (Å²) in [6, 6.07) is 2.59. The molecule has 114 valence electrons. The molecular weight excluding hydrogens is 295 g/mol. The van der Waals surface area contributed by atoms with Crippen molar-refractivity contribution in [3.05, 3.63) is 17.9 Å². The van der Waals surface area contributed by atoms with Crippen molar-refractivity contribution in [3.63, 3.8) is 0 Å². The number of aromatic nitrogens is 1. The molecule has 5 nitrogen and oxygen atoms in total. The van der Waals surface area contributed by atoms with Gasteiger partial charge >= 0.3 is 0 Å². The highest BCUT2D eigenvalue weighted by atomic mass is 32.1. The number of ether oxygens (including phenoxy) is 1. The highest BCUT2D eigenvalue weighted by Crippen LogP contribution is 2.33. The van der Waals surface area contributed by atoms with E-state index in [1.807, 2.05) is 13.8 Å². The molecule has 0 saturated carbocycles. The van der Waals surface area contributed by atoms with Crippen molar-refractivity contribution in [2.45, 2.75) is 26.4 Å². The quantitative estimate of drug-likeness (QED) is 0.890. The molecule has 21 heavy (non-hydrogen) atoms. The smallest absolute Gasteiger partial charge is 0.228 e. The Kier molecular flexibility index (Phi) is 4.74. The number of amides is 1. The van der Waals surface area contributed by atoms with Gasteiger partial charge in [-0.2, -0.15) is 0 Å². The lowest BCUT2D eigenvalue weighted by molar-refractivity contribution is -0.118. The summed E-state index contributed by atoms with van der Waals surface area (Å²) in [5.74, 6) is -0.421. The van der Waals surface area contributed by atoms with Gasteiger partial charge in [0.05, 0.1) is 24.3 Å². The SMILES string of the molecule is COc1cc(F)cc2sc(NC(=O)CC(O)C(C)C)nc12. The molecule has 2 aromatic rings. The lowest BCUT2D eigenvalue weighted by Crippen LogP contribution is -2.23. The number of fused-ring (bicyclic) bond motifs is 1. The molecule has 0 fully saturated rings. The van der Waals surface area contributed by atoms with E-state index in [0.29, 0.717) is 21.1 Å². The van der Waals surface area contributed by atoms with Crippen LogP contribution in [0.4, 0.5) is 9.52 Å². The Hall–Kier alpha value is -1.73. The van der Waals surface area contributed by atoms with Gasteiger partial charge in [0.25, 0.3) is 0 Å². The normalized spacial score (nSPS) is 12.7. The first-order valence-electron chi connectivity index (χ1n) is 6.52. The number of carbonyl (C=O) groups is 1. The number of nitrogens with one attached hydrogen (secondary N) is 1. The molecule has 0 aliphatic heterocycles. The molecule has 0 spiro atoms. The Labute approximate surface area is 125 Å². The number of anilines is 1. The first kappa shape index (κ1) is 15.7. The van der Waals surface area contributed by atoms with E-state index in [0.717, 1.165) is 11.3 Å². The summed E-state index contributed by atoms with van der Waals surface area (Å²) in [6.45, 7) is 3.67. The minimum Gasteiger partial charge on any atom is -0.494 e. The summed E-state index contributed by atoms with van der Waals surface area (Å²) in [6.07, 6.45) is -0.703. The van der Waals surface area contributed by atoms with Crippen LogP contribution in [-0.4, -0.2) is 29.2 Å². The van der Waals surface area contributed by atoms with Crippen LogP contribution in [0.15, 0.2) is 12.1 Å². The first-order valence-corrected chi connectivity index (χ1v) is 7.34. The van der Waals surface area contributed by atoms with Crippen LogP contribution in [0.1, 0.15) is 20.3 Å². The van der Waals surface area contributed by atoms with Crippen molar-refractivity contribution in [1.82, 2.24) is 4.98 Å². The number of benzene rings is 1. The van der Waals surface area contributed by atoms with Crippen LogP contribution in [0, 0.1) is 11.7 Å². The number of hydrogen-bond donors (Lipinski definition) is 2. The Bertz CT molecular complexity index is 657. The second-order valence-electron chi connectivity index (χ2n) is 5.04. The zero-order valence-corrected chi connectivity index (χ0v) is 12.8. The maximum absolute atomic E-state index is 13.4. The summed E-state index contributed by atoms with van der Waals surface area (Å²) in [5.41, 5.74) is 0.503. The maximum atomic E-state index is 13.4. The minimum absolute atomic E-state index is 0.000284. The number of nitrogens with zero attached hydrogens (tertiary/aromatic N) is 1. The molecule has 0 aliphatic carbocycles. The number of rotatable bonds is 5. The third-order valence-electron chi connectivity index (χ3n) is 3.06. The van der Waals surface area contributed by atoms with Gasteiger partial charge in [0.15, 0.2) is 5.13 Å². The third-order valence-corrected chi connectivity index (χ3v) is 3.97. The van der Waals surface area contributed by atoms with Crippen molar-refractivity contribution in [2.24, 2.45) is 5.92 Å². The van der Waals surface area contributed by atoms with Crippen LogP contribution in [0.5, 0.6) is 5.75 Å². The van der Waals surface area contributed by atoms with E-state index in [1.54, 1.807) is 0 Å². The fraction of sp³-hybridized carbons (Fsp3) is 0.429. The molecule has 1 aromatic heterocycles. The van der Waals surface area contributed by atoms with Gasteiger partial charge in [-0.1, -0.05) is 25.2 Å². The van der Waals surface area contributed by atoms with Gasteiger partial charge in [-0.05, 0) is 12.0 Å². The number of carbonyl (C=O) groups excluding carboxylic acids is 1. The van der Waals surface area contributed by atoms with Crippen LogP contribution in [0.3, 0.4) is 0 Å². The summed E-state index contributed by atoms with van der Waals surface area (Å²) in [7, 11) is 1.44. The molecule has 7 heteroatoms. The fourth-order valence-corrected chi connectivity index (χ4v) is 2.70. The monoisotopic (exact) mass is 312 g/mol. The topological polar surface area (TPSA) is 71.5 Å². The van der Waals surface area contributed by atoms with Crippen molar-refractivity contribution in [2.75, 3.05) is 12.4 Å². The highest BCUT2D eigenvalue weighted by molar-refractivity contribution is 7.22. The lowest BCUT2D eigenvalue weighted by atomic mass is 10.0. The number of aliphatic hydroxyl groups excluding tert-OH is 1. The molecule has 1 amide bonds. The van der Waals surface area contributed by atoms with Crippen LogP contribution >= 0.6 is 11.3 Å². The van der Waals surface area contributed by atoms with E-state index in [1.165, 1.54) is 19.2 Å². The van der Waals surface area contributed by atoms with Gasteiger partial charge in [-0.3, -0.25) is 4.79 Å². The molecule has 1 aromatic carbocycles. The van der Waals surface area contributed by atoms with E-state index < -0.39 is 11.9 Å². The lowest BCUT2D eigenvalue weighted by Gasteiger charge is -2.12. The predicted octanol–water partition coefficient (Wildman–Crippen LogP) is 2.79. The predicted molar refractivity (Wildman–Crippen MR) is 80.2 cm³/mol. The van der Waals surface area contributed by atoms with E-state index in [2.05, 4.69) is 10.3 Å². The maximum Gasteiger partial charge on any atom is 0.228 e. The van der Waals surface area contributed by atoms with Crippen LogP contribution in [0.25, 0.3) is 10.2 Å². The van der Waals surface area contributed by atoms with E-state index in [9.17, 15) is 14.3 Å². The zero-order chi connectivity index (χ0) is 15.6. The van der Waals surface area contributed by atoms with Gasteiger partial charge in [0, 0.05) is 6.07 Å². The van der Waals surface area contributed by atoms with E-state index in [4.69, 9.17) is 4.74 Å². The number of hydrogen-bond acceptors (Lipinski definition) is 5. The molecular formula is C14H17FN2O3S. The van der Waals surface area contributed by atoms with Gasteiger partial charge in [-0.15, -0.1) is 0 Å². The number of methoxy groups -OCH3 is 1. The molecule has 1 heterocycles. The Balaban J connectivity index is 2.18. The molecule has 2 N–H and O–H groups in total. The van der Waals surface area contributed by atoms with Crippen LogP contribution in [0.2, 0.25) is 0 Å². The van der Waals surface area contributed by atoms with Gasteiger partial charge in [-0.25, -0.2) is 9.37 Å². The molecule has 0 aliphatic rings. The summed E-state index contributed by atoms with van der Waals surface area (Å²) in [4.78, 5) is 16.0. The average molecular weight is 312 g/mol. The summed E-state index contributed by atoms with van der Waals surface area (Å²) in [5, 5.41) is 12.7. The van der Waals surface area contributed by atoms with E-state index in [-0.39, 0.29) is 18.2 Å². The Morgan fingerprint density at radius 3 is 2.86 bits per heavy atom. The largest absolute Gasteiger partial charge is 0.494 e. The number of halogens is 1. The third kappa shape index (κ3) is 3.68. The van der Waals surface area contributed by atoms with Crippen LogP contribution in [-0.2, 0) is 4.79 Å². The second kappa shape index (κ2) is 6.36. The van der Waals surface area contributed by atoms with Crippen LogP contribution < -0.4 is 10.1 Å². The summed E-state index contributed by atoms with van der Waals surface area (Å²) < 4.78 is 19.1. The fourth-order valence-electron chi connectivity index (χ4n) is 1.77. The Morgan fingerprint density at radius 1 is 1.52 bits per heavy atom. The minimum atomic E-state index is -0.702. The zero-order valence-electron chi connectivity index (χ0n) is 12.0. The van der Waals surface area contributed by atoms with Gasteiger partial charge in [0.2, 0.25) is 5.91 Å². The second-order valence-corrected chi connectivity index (χ2v) is 6.07. The summed E-state index contributed by atoms with van der Waals surface area (Å²) >= 11 is 1.16. The van der Waals surface area contributed by atoms with Crippen molar-refractivity contribution in [1.29, 1.82) is 0 Å². The van der Waals surface area contributed by atoms with E-state index >= 15 is 0 Å². The molecule has 0 bridgehead atoms. The Morgan fingerprint density at radius 2 is 2.24 bits per heavy atom. The van der Waals surface area contributed by atoms with Crippen molar-refractivity contribution in [3.8, 4) is 5.75 Å². The number of aliphatic hydroxyl groups is 1. The average Bonchev–Trinajstić information content (AvgIpc) is 2.79. The van der Waals surface area contributed by atoms with Gasteiger partial charge in [0.1, 0.15) is 17.1 Å². The van der Waals surface area contributed by atoms with Crippen molar-refractivity contribution >= 4 is 32.6 Å². The first-order chi connectivity index (χ1) is 9.90. The molecule has 0 radical (unpaired) electrons. The van der Waals surface area contributed by atoms with Crippen molar-refractivity contribution < 1.29 is 19.0 Å².